The summed E-state index contributed by atoms with van der Waals surface area (Å²) in [6.45, 7) is 4.67. The maximum absolute atomic E-state index is 13.8. The minimum Gasteiger partial charge on any atom is -0.379 e. The minimum atomic E-state index is -0.309. The zero-order chi connectivity index (χ0) is 20.2. The van der Waals surface area contributed by atoms with Gasteiger partial charge in [0.05, 0.1) is 25.5 Å². The molecule has 0 radical (unpaired) electrons. The highest BCUT2D eigenvalue weighted by molar-refractivity contribution is 5.78. The van der Waals surface area contributed by atoms with E-state index in [4.69, 9.17) is 10.5 Å². The minimum absolute atomic E-state index is 0.0426. The van der Waals surface area contributed by atoms with Gasteiger partial charge in [0.15, 0.2) is 0 Å². The average molecular weight is 399 g/mol. The monoisotopic (exact) mass is 399 g/mol. The number of rotatable bonds is 4. The molecule has 2 aromatic rings. The Balaban J connectivity index is 1.53. The van der Waals surface area contributed by atoms with Crippen LogP contribution < -0.4 is 5.73 Å². The van der Waals surface area contributed by atoms with Crippen LogP contribution in [0.15, 0.2) is 30.5 Å². The van der Waals surface area contributed by atoms with Crippen molar-refractivity contribution in [1.82, 2.24) is 19.8 Å². The van der Waals surface area contributed by atoms with Gasteiger partial charge in [-0.2, -0.15) is 0 Å². The highest BCUT2D eigenvalue weighted by Crippen LogP contribution is 2.33. The molecule has 7 nitrogen and oxygen atoms in total. The maximum Gasteiger partial charge on any atom is 0.236 e. The van der Waals surface area contributed by atoms with Crippen molar-refractivity contribution in [2.45, 2.75) is 18.8 Å². The number of benzene rings is 1. The van der Waals surface area contributed by atoms with Gasteiger partial charge in [0.1, 0.15) is 5.82 Å². The number of likely N-dealkylation sites (tertiary alicyclic amines) is 1. The van der Waals surface area contributed by atoms with Crippen molar-refractivity contribution in [1.29, 1.82) is 0 Å². The Morgan fingerprint density at radius 3 is 2.90 bits per heavy atom. The summed E-state index contributed by atoms with van der Waals surface area (Å²) in [4.78, 5) is 25.5. The van der Waals surface area contributed by atoms with Crippen LogP contribution in [0, 0.1) is 5.82 Å². The predicted molar refractivity (Wildman–Crippen MR) is 108 cm³/mol. The van der Waals surface area contributed by atoms with Gasteiger partial charge < -0.3 is 15.4 Å². The molecule has 3 heterocycles. The molecule has 1 aromatic carbocycles. The standard InChI is InChI=1S/C21H26FN5O2/c22-17-5-1-3-15(11-17)18-12-24-21(23)25-20(18)16-4-2-6-27(13-16)19(28)14-26-7-9-29-10-8-26/h1,3,5,11-12,16H,2,4,6-10,13-14H2,(H2,23,24,25)/t16-/m1/s1. The topological polar surface area (TPSA) is 84.6 Å². The fraction of sp³-hybridized carbons (Fsp3) is 0.476. The Hall–Kier alpha value is -2.58. The summed E-state index contributed by atoms with van der Waals surface area (Å²) >= 11 is 0. The van der Waals surface area contributed by atoms with Gasteiger partial charge in [-0.05, 0) is 30.5 Å². The number of amides is 1. The van der Waals surface area contributed by atoms with Crippen molar-refractivity contribution >= 4 is 11.9 Å². The van der Waals surface area contributed by atoms with Crippen LogP contribution in [0.3, 0.4) is 0 Å². The maximum atomic E-state index is 13.8. The lowest BCUT2D eigenvalue weighted by Gasteiger charge is -2.35. The molecule has 1 aromatic heterocycles. The van der Waals surface area contributed by atoms with E-state index in [1.807, 2.05) is 11.0 Å². The van der Waals surface area contributed by atoms with Crippen molar-refractivity contribution in [2.75, 3.05) is 51.7 Å². The summed E-state index contributed by atoms with van der Waals surface area (Å²) in [6.07, 6.45) is 3.45. The fourth-order valence-corrected chi connectivity index (χ4v) is 4.08. The average Bonchev–Trinajstić information content (AvgIpc) is 2.74. The second-order valence-electron chi connectivity index (χ2n) is 7.60. The molecule has 2 aliphatic heterocycles. The van der Waals surface area contributed by atoms with Gasteiger partial charge in [0.2, 0.25) is 11.9 Å². The number of nitrogens with zero attached hydrogens (tertiary/aromatic N) is 4. The molecule has 2 N–H and O–H groups in total. The summed E-state index contributed by atoms with van der Waals surface area (Å²) in [5, 5.41) is 0. The molecule has 0 spiro atoms. The van der Waals surface area contributed by atoms with E-state index >= 15 is 0 Å². The number of hydrogen-bond donors (Lipinski definition) is 1. The van der Waals surface area contributed by atoms with Crippen molar-refractivity contribution in [2.24, 2.45) is 0 Å². The number of piperidine rings is 1. The van der Waals surface area contributed by atoms with Crippen molar-refractivity contribution < 1.29 is 13.9 Å². The first-order valence-electron chi connectivity index (χ1n) is 10.1. The molecule has 154 valence electrons. The molecule has 8 heteroatoms. The first-order valence-corrected chi connectivity index (χ1v) is 10.1. The molecule has 2 fully saturated rings. The lowest BCUT2D eigenvalue weighted by molar-refractivity contribution is -0.134. The quantitative estimate of drug-likeness (QED) is 0.845. The number of aromatic nitrogens is 2. The molecule has 0 saturated carbocycles. The van der Waals surface area contributed by atoms with Crippen LogP contribution in [0.1, 0.15) is 24.5 Å². The zero-order valence-electron chi connectivity index (χ0n) is 16.4. The van der Waals surface area contributed by atoms with Crippen LogP contribution in [0.25, 0.3) is 11.1 Å². The first-order chi connectivity index (χ1) is 14.1. The largest absolute Gasteiger partial charge is 0.379 e. The fourth-order valence-electron chi connectivity index (χ4n) is 4.08. The number of nitrogens with two attached hydrogens (primary N) is 1. The number of anilines is 1. The van der Waals surface area contributed by atoms with E-state index in [1.54, 1.807) is 12.3 Å². The SMILES string of the molecule is Nc1ncc(-c2cccc(F)c2)c([C@@H]2CCCN(C(=O)CN3CCOCC3)C2)n1. The van der Waals surface area contributed by atoms with Crippen LogP contribution in [-0.4, -0.2) is 71.6 Å². The van der Waals surface area contributed by atoms with E-state index in [2.05, 4.69) is 14.9 Å². The number of hydrogen-bond acceptors (Lipinski definition) is 6. The van der Waals surface area contributed by atoms with Crippen molar-refractivity contribution in [3.05, 3.63) is 42.0 Å². The molecular formula is C21H26FN5O2. The van der Waals surface area contributed by atoms with Crippen LogP contribution >= 0.6 is 0 Å². The third kappa shape index (κ3) is 4.71. The molecule has 2 saturated heterocycles. The predicted octanol–water partition coefficient (Wildman–Crippen LogP) is 1.90. The van der Waals surface area contributed by atoms with Gasteiger partial charge in [-0.1, -0.05) is 12.1 Å². The second kappa shape index (κ2) is 8.84. The van der Waals surface area contributed by atoms with Crippen LogP contribution in [0.5, 0.6) is 0 Å². The third-order valence-corrected chi connectivity index (χ3v) is 5.60. The highest BCUT2D eigenvalue weighted by atomic mass is 19.1. The van der Waals surface area contributed by atoms with E-state index in [0.29, 0.717) is 26.3 Å². The van der Waals surface area contributed by atoms with Gasteiger partial charge in [-0.3, -0.25) is 9.69 Å². The van der Waals surface area contributed by atoms with Gasteiger partial charge in [-0.15, -0.1) is 0 Å². The Bertz CT molecular complexity index is 872. The normalized spacial score (nSPS) is 20.6. The number of morpholine rings is 1. The Morgan fingerprint density at radius 1 is 1.28 bits per heavy atom. The van der Waals surface area contributed by atoms with E-state index in [-0.39, 0.29) is 23.6 Å². The van der Waals surface area contributed by atoms with E-state index < -0.39 is 0 Å². The summed E-state index contributed by atoms with van der Waals surface area (Å²) in [7, 11) is 0. The van der Waals surface area contributed by atoms with E-state index in [0.717, 1.165) is 49.3 Å². The summed E-state index contributed by atoms with van der Waals surface area (Å²) in [5.41, 5.74) is 8.14. The number of carbonyl (C=O) groups excluding carboxylic acids is 1. The zero-order valence-corrected chi connectivity index (χ0v) is 16.4. The van der Waals surface area contributed by atoms with E-state index in [1.165, 1.54) is 12.1 Å². The Kier molecular flexibility index (Phi) is 6.01. The molecule has 2 aliphatic rings. The number of ether oxygens (including phenoxy) is 1. The van der Waals surface area contributed by atoms with Crippen LogP contribution in [-0.2, 0) is 9.53 Å². The molecule has 0 unspecified atom stereocenters. The van der Waals surface area contributed by atoms with Gasteiger partial charge >= 0.3 is 0 Å². The van der Waals surface area contributed by atoms with Crippen molar-refractivity contribution in [3.63, 3.8) is 0 Å². The molecule has 0 aliphatic carbocycles. The molecule has 1 atom stereocenters. The molecule has 4 rings (SSSR count). The second-order valence-corrected chi connectivity index (χ2v) is 7.60. The molecule has 1 amide bonds. The van der Waals surface area contributed by atoms with Gasteiger partial charge in [0, 0.05) is 43.9 Å². The highest BCUT2D eigenvalue weighted by Gasteiger charge is 2.29. The van der Waals surface area contributed by atoms with Crippen LogP contribution in [0.2, 0.25) is 0 Å². The smallest absolute Gasteiger partial charge is 0.236 e. The Labute approximate surface area is 169 Å². The number of nitrogen functional groups attached to an aromatic ring is 1. The molecule has 29 heavy (non-hydrogen) atoms. The molecule has 0 bridgehead atoms. The van der Waals surface area contributed by atoms with Gasteiger partial charge in [0.25, 0.3) is 0 Å². The lowest BCUT2D eigenvalue weighted by Crippen LogP contribution is -2.47. The lowest BCUT2D eigenvalue weighted by atomic mass is 9.90. The van der Waals surface area contributed by atoms with E-state index in [9.17, 15) is 9.18 Å². The summed E-state index contributed by atoms with van der Waals surface area (Å²) in [5.74, 6) is 0.0556. The first kappa shape index (κ1) is 19.7. The van der Waals surface area contributed by atoms with Crippen molar-refractivity contribution in [3.8, 4) is 11.1 Å². The van der Waals surface area contributed by atoms with Gasteiger partial charge in [-0.25, -0.2) is 14.4 Å². The molecular weight excluding hydrogens is 373 g/mol. The third-order valence-electron chi connectivity index (χ3n) is 5.60. The number of carbonyl (C=O) groups is 1. The Morgan fingerprint density at radius 2 is 2.10 bits per heavy atom. The van der Waals surface area contributed by atoms with Crippen LogP contribution in [0.4, 0.5) is 10.3 Å². The summed E-state index contributed by atoms with van der Waals surface area (Å²) in [6, 6.07) is 6.39. The number of halogens is 1. The summed E-state index contributed by atoms with van der Waals surface area (Å²) < 4.78 is 19.1.